The maximum atomic E-state index is 8.98. The number of para-hydroxylation sites is 1. The van der Waals surface area contributed by atoms with Gasteiger partial charge in [-0.3, -0.25) is 0 Å². The number of hydrogen-bond donors (Lipinski definition) is 1. The number of aryl methyl sites for hydroxylation is 1. The summed E-state index contributed by atoms with van der Waals surface area (Å²) in [5.41, 5.74) is 2.66. The maximum absolute atomic E-state index is 8.98. The summed E-state index contributed by atoms with van der Waals surface area (Å²) < 4.78 is 5.39. The first-order chi connectivity index (χ1) is 8.29. The number of ether oxygens (including phenoxy) is 1. The van der Waals surface area contributed by atoms with Crippen molar-refractivity contribution in [1.29, 1.82) is 5.26 Å². The highest BCUT2D eigenvalue weighted by Gasteiger charge is 2.03. The van der Waals surface area contributed by atoms with E-state index in [0.29, 0.717) is 25.3 Å². The van der Waals surface area contributed by atoms with E-state index in [1.807, 2.05) is 31.2 Å². The van der Waals surface area contributed by atoms with Crippen LogP contribution in [0.3, 0.4) is 0 Å². The number of rotatable bonds is 7. The molecule has 1 N–H and O–H groups in total. The van der Waals surface area contributed by atoms with E-state index in [1.54, 1.807) is 0 Å². The predicted octanol–water partition coefficient (Wildman–Crippen LogP) is 2.87. The lowest BCUT2D eigenvalue weighted by atomic mass is 10.1. The van der Waals surface area contributed by atoms with Gasteiger partial charge in [-0.2, -0.15) is 5.26 Å². The van der Waals surface area contributed by atoms with Gasteiger partial charge in [0.1, 0.15) is 6.07 Å². The Morgan fingerprint density at radius 3 is 3.00 bits per heavy atom. The SMILES string of the molecule is C=CCCOCCNc1c(C)cccc1C#N. The van der Waals surface area contributed by atoms with Crippen LogP contribution >= 0.6 is 0 Å². The van der Waals surface area contributed by atoms with Crippen LogP contribution in [-0.2, 0) is 4.74 Å². The standard InChI is InChI=1S/C14H18N2O/c1-3-4-9-17-10-8-16-14-12(2)6-5-7-13(14)11-15/h3,5-7,16H,1,4,8-10H2,2H3. The third kappa shape index (κ3) is 4.29. The molecule has 1 rings (SSSR count). The molecule has 0 aliphatic rings. The van der Waals surface area contributed by atoms with Crippen LogP contribution < -0.4 is 5.32 Å². The van der Waals surface area contributed by atoms with Gasteiger partial charge in [0.15, 0.2) is 0 Å². The smallest absolute Gasteiger partial charge is 0.101 e. The van der Waals surface area contributed by atoms with Crippen molar-refractivity contribution in [2.24, 2.45) is 0 Å². The van der Waals surface area contributed by atoms with Crippen molar-refractivity contribution in [3.8, 4) is 6.07 Å². The molecular weight excluding hydrogens is 212 g/mol. The molecule has 0 spiro atoms. The Morgan fingerprint density at radius 2 is 2.29 bits per heavy atom. The first-order valence-corrected chi connectivity index (χ1v) is 5.72. The van der Waals surface area contributed by atoms with Gasteiger partial charge in [-0.15, -0.1) is 6.58 Å². The van der Waals surface area contributed by atoms with Crippen molar-refractivity contribution in [3.05, 3.63) is 42.0 Å². The fourth-order valence-electron chi connectivity index (χ4n) is 1.51. The van der Waals surface area contributed by atoms with Crippen molar-refractivity contribution in [2.45, 2.75) is 13.3 Å². The van der Waals surface area contributed by atoms with Gasteiger partial charge in [-0.25, -0.2) is 0 Å². The lowest BCUT2D eigenvalue weighted by molar-refractivity contribution is 0.149. The molecule has 0 fully saturated rings. The number of hydrogen-bond acceptors (Lipinski definition) is 3. The molecule has 0 aliphatic heterocycles. The molecule has 0 aliphatic carbocycles. The first-order valence-electron chi connectivity index (χ1n) is 5.72. The Balaban J connectivity index is 2.41. The summed E-state index contributed by atoms with van der Waals surface area (Å²) in [7, 11) is 0. The maximum Gasteiger partial charge on any atom is 0.101 e. The van der Waals surface area contributed by atoms with E-state index in [9.17, 15) is 0 Å². The zero-order chi connectivity index (χ0) is 12.5. The second-order valence-corrected chi connectivity index (χ2v) is 3.73. The van der Waals surface area contributed by atoms with Gasteiger partial charge in [0.25, 0.3) is 0 Å². The average Bonchev–Trinajstić information content (AvgIpc) is 2.35. The summed E-state index contributed by atoms with van der Waals surface area (Å²) in [6.45, 7) is 7.65. The molecule has 3 nitrogen and oxygen atoms in total. The molecule has 1 aromatic rings. The summed E-state index contributed by atoms with van der Waals surface area (Å²) in [5.74, 6) is 0. The normalized spacial score (nSPS) is 9.65. The van der Waals surface area contributed by atoms with Crippen LogP contribution in [0.1, 0.15) is 17.5 Å². The number of anilines is 1. The topological polar surface area (TPSA) is 45.0 Å². The number of nitrogens with one attached hydrogen (secondary N) is 1. The highest BCUT2D eigenvalue weighted by molar-refractivity contribution is 5.62. The van der Waals surface area contributed by atoms with Gasteiger partial charge in [-0.1, -0.05) is 18.2 Å². The quantitative estimate of drug-likeness (QED) is 0.578. The fourth-order valence-corrected chi connectivity index (χ4v) is 1.51. The lowest BCUT2D eigenvalue weighted by Crippen LogP contribution is -2.11. The lowest BCUT2D eigenvalue weighted by Gasteiger charge is -2.11. The minimum absolute atomic E-state index is 0.632. The predicted molar refractivity (Wildman–Crippen MR) is 70.0 cm³/mol. The van der Waals surface area contributed by atoms with Gasteiger partial charge in [0.05, 0.1) is 24.5 Å². The van der Waals surface area contributed by atoms with Crippen LogP contribution in [0.2, 0.25) is 0 Å². The third-order valence-corrected chi connectivity index (χ3v) is 2.41. The second-order valence-electron chi connectivity index (χ2n) is 3.73. The molecule has 0 heterocycles. The summed E-state index contributed by atoms with van der Waals surface area (Å²) >= 11 is 0. The van der Waals surface area contributed by atoms with E-state index in [0.717, 1.165) is 17.7 Å². The summed E-state index contributed by atoms with van der Waals surface area (Å²) in [5, 5.41) is 12.2. The monoisotopic (exact) mass is 230 g/mol. The van der Waals surface area contributed by atoms with E-state index in [-0.39, 0.29) is 0 Å². The van der Waals surface area contributed by atoms with Crippen molar-refractivity contribution >= 4 is 5.69 Å². The van der Waals surface area contributed by atoms with Crippen molar-refractivity contribution in [1.82, 2.24) is 0 Å². The zero-order valence-electron chi connectivity index (χ0n) is 10.2. The molecule has 1 aromatic carbocycles. The molecule has 17 heavy (non-hydrogen) atoms. The average molecular weight is 230 g/mol. The van der Waals surface area contributed by atoms with Gasteiger partial charge >= 0.3 is 0 Å². The fraction of sp³-hybridized carbons (Fsp3) is 0.357. The van der Waals surface area contributed by atoms with E-state index < -0.39 is 0 Å². The molecule has 0 unspecified atom stereocenters. The molecule has 3 heteroatoms. The number of nitrogens with zero attached hydrogens (tertiary/aromatic N) is 1. The van der Waals surface area contributed by atoms with E-state index in [1.165, 1.54) is 0 Å². The van der Waals surface area contributed by atoms with Crippen molar-refractivity contribution in [2.75, 3.05) is 25.1 Å². The van der Waals surface area contributed by atoms with Gasteiger partial charge in [0, 0.05) is 6.54 Å². The van der Waals surface area contributed by atoms with E-state index in [2.05, 4.69) is 18.0 Å². The van der Waals surface area contributed by atoms with Crippen LogP contribution in [0.5, 0.6) is 0 Å². The Morgan fingerprint density at radius 1 is 1.47 bits per heavy atom. The highest BCUT2D eigenvalue weighted by Crippen LogP contribution is 2.18. The largest absolute Gasteiger partial charge is 0.381 e. The first kappa shape index (κ1) is 13.3. The number of benzene rings is 1. The Kier molecular flexibility index (Phi) is 5.84. The molecule has 0 amide bonds. The van der Waals surface area contributed by atoms with Gasteiger partial charge in [-0.05, 0) is 25.0 Å². The Bertz CT molecular complexity index is 407. The number of nitriles is 1. The second kappa shape index (κ2) is 7.48. The summed E-state index contributed by atoms with van der Waals surface area (Å²) in [6.07, 6.45) is 2.70. The molecule has 0 saturated heterocycles. The Hall–Kier alpha value is -1.79. The minimum Gasteiger partial charge on any atom is -0.381 e. The summed E-state index contributed by atoms with van der Waals surface area (Å²) in [4.78, 5) is 0. The molecule has 0 atom stereocenters. The van der Waals surface area contributed by atoms with Gasteiger partial charge < -0.3 is 10.1 Å². The van der Waals surface area contributed by atoms with Crippen LogP contribution in [0.4, 0.5) is 5.69 Å². The molecule has 90 valence electrons. The minimum atomic E-state index is 0.632. The van der Waals surface area contributed by atoms with Crippen LogP contribution in [-0.4, -0.2) is 19.8 Å². The molecule has 0 radical (unpaired) electrons. The van der Waals surface area contributed by atoms with Crippen molar-refractivity contribution in [3.63, 3.8) is 0 Å². The van der Waals surface area contributed by atoms with E-state index >= 15 is 0 Å². The van der Waals surface area contributed by atoms with Crippen molar-refractivity contribution < 1.29 is 4.74 Å². The van der Waals surface area contributed by atoms with E-state index in [4.69, 9.17) is 10.00 Å². The molecular formula is C14H18N2O. The van der Waals surface area contributed by atoms with Crippen LogP contribution in [0.25, 0.3) is 0 Å². The zero-order valence-corrected chi connectivity index (χ0v) is 10.2. The molecule has 0 saturated carbocycles. The van der Waals surface area contributed by atoms with Crippen LogP contribution in [0.15, 0.2) is 30.9 Å². The highest BCUT2D eigenvalue weighted by atomic mass is 16.5. The molecule has 0 aromatic heterocycles. The summed E-state index contributed by atoms with van der Waals surface area (Å²) in [6, 6.07) is 7.87. The van der Waals surface area contributed by atoms with Crippen LogP contribution in [0, 0.1) is 18.3 Å². The van der Waals surface area contributed by atoms with Gasteiger partial charge in [0.2, 0.25) is 0 Å². The third-order valence-electron chi connectivity index (χ3n) is 2.41. The molecule has 0 bridgehead atoms. The Labute approximate surface area is 103 Å².